The maximum atomic E-state index is 13.2. The van der Waals surface area contributed by atoms with E-state index in [9.17, 15) is 14.4 Å². The van der Waals surface area contributed by atoms with Crippen LogP contribution >= 0.6 is 0 Å². The lowest BCUT2D eigenvalue weighted by atomic mass is 10.1. The third-order valence-corrected chi connectivity index (χ3v) is 4.57. The normalized spacial score (nSPS) is 10.7. The van der Waals surface area contributed by atoms with E-state index in [0.29, 0.717) is 28.8 Å². The third-order valence-electron chi connectivity index (χ3n) is 4.57. The first kappa shape index (κ1) is 20.3. The lowest BCUT2D eigenvalue weighted by Crippen LogP contribution is -2.34. The van der Waals surface area contributed by atoms with E-state index in [0.717, 1.165) is 5.56 Å². The van der Waals surface area contributed by atoms with Crippen LogP contribution in [-0.2, 0) is 9.53 Å². The minimum atomic E-state index is -0.478. The number of methoxy groups -OCH3 is 1. The number of anilines is 2. The molecule has 0 aliphatic carbocycles. The first-order valence-corrected chi connectivity index (χ1v) is 9.28. The number of nitrogens with one attached hydrogen (secondary N) is 2. The van der Waals surface area contributed by atoms with Crippen molar-refractivity contribution in [2.45, 2.75) is 13.8 Å². The summed E-state index contributed by atoms with van der Waals surface area (Å²) in [5.41, 5.74) is 2.34. The van der Waals surface area contributed by atoms with Crippen LogP contribution in [0.2, 0.25) is 0 Å². The van der Waals surface area contributed by atoms with E-state index in [4.69, 9.17) is 4.74 Å². The summed E-state index contributed by atoms with van der Waals surface area (Å²) in [6.45, 7) is 4.13. The number of H-pyrrole nitrogens is 1. The van der Waals surface area contributed by atoms with Crippen molar-refractivity contribution in [2.24, 2.45) is 0 Å². The molecule has 0 fully saturated rings. The number of rotatable bonds is 6. The summed E-state index contributed by atoms with van der Waals surface area (Å²) in [7, 11) is 1.43. The lowest BCUT2D eigenvalue weighted by molar-refractivity contribution is -0.119. The number of ether oxygens (including phenoxy) is 1. The van der Waals surface area contributed by atoms with Crippen LogP contribution in [0.15, 0.2) is 53.3 Å². The van der Waals surface area contributed by atoms with Gasteiger partial charge in [-0.05, 0) is 44.2 Å². The second-order valence-corrected chi connectivity index (χ2v) is 6.65. The number of aromatic nitrogens is 1. The molecule has 0 atom stereocenters. The van der Waals surface area contributed by atoms with E-state index in [1.807, 2.05) is 38.1 Å². The van der Waals surface area contributed by atoms with Crippen LogP contribution in [-0.4, -0.2) is 37.1 Å². The van der Waals surface area contributed by atoms with Crippen molar-refractivity contribution in [3.63, 3.8) is 0 Å². The number of hydrogen-bond donors (Lipinski definition) is 2. The van der Waals surface area contributed by atoms with Gasteiger partial charge in [0, 0.05) is 24.7 Å². The molecule has 3 rings (SSSR count). The van der Waals surface area contributed by atoms with Crippen LogP contribution in [0.1, 0.15) is 22.8 Å². The second-order valence-electron chi connectivity index (χ2n) is 6.65. The highest BCUT2D eigenvalue weighted by atomic mass is 16.5. The molecule has 0 bridgehead atoms. The number of amides is 2. The summed E-state index contributed by atoms with van der Waals surface area (Å²) in [6, 6.07) is 14.2. The summed E-state index contributed by atoms with van der Waals surface area (Å²) in [4.78, 5) is 42.0. The highest BCUT2D eigenvalue weighted by Gasteiger charge is 2.20. The van der Waals surface area contributed by atoms with E-state index in [1.165, 1.54) is 13.2 Å². The first-order chi connectivity index (χ1) is 13.9. The molecule has 29 heavy (non-hydrogen) atoms. The van der Waals surface area contributed by atoms with Crippen LogP contribution in [0.4, 0.5) is 11.4 Å². The fourth-order valence-electron chi connectivity index (χ4n) is 3.13. The van der Waals surface area contributed by atoms with Gasteiger partial charge < -0.3 is 19.9 Å². The highest BCUT2D eigenvalue weighted by molar-refractivity contribution is 6.09. The predicted molar refractivity (Wildman–Crippen MR) is 114 cm³/mol. The lowest BCUT2D eigenvalue weighted by Gasteiger charge is -2.21. The number of aryl methyl sites for hydroxylation is 1. The summed E-state index contributed by atoms with van der Waals surface area (Å²) in [5, 5.41) is 3.31. The molecule has 0 aliphatic heterocycles. The molecule has 1 heterocycles. The third kappa shape index (κ3) is 4.35. The molecule has 150 valence electrons. The molecule has 2 aromatic carbocycles. The molecule has 7 heteroatoms. The van der Waals surface area contributed by atoms with E-state index in [2.05, 4.69) is 10.3 Å². The zero-order valence-corrected chi connectivity index (χ0v) is 16.6. The zero-order chi connectivity index (χ0) is 21.0. The van der Waals surface area contributed by atoms with E-state index < -0.39 is 11.5 Å². The summed E-state index contributed by atoms with van der Waals surface area (Å²) in [6.07, 6.45) is 0. The van der Waals surface area contributed by atoms with Crippen LogP contribution in [0, 0.1) is 6.92 Å². The number of carbonyl (C=O) groups is 2. The Hall–Kier alpha value is -3.45. The summed E-state index contributed by atoms with van der Waals surface area (Å²) < 4.78 is 4.84. The van der Waals surface area contributed by atoms with Gasteiger partial charge in [-0.25, -0.2) is 0 Å². The minimum Gasteiger partial charge on any atom is -0.375 e. The van der Waals surface area contributed by atoms with Crippen molar-refractivity contribution < 1.29 is 14.3 Å². The molecule has 0 saturated carbocycles. The molecule has 2 amide bonds. The molecular formula is C22H23N3O4. The number of fused-ring (bicyclic) bond motifs is 1. The number of nitrogens with zero attached hydrogens (tertiary/aromatic N) is 1. The molecule has 0 aliphatic rings. The Kier molecular flexibility index (Phi) is 6.09. The van der Waals surface area contributed by atoms with Gasteiger partial charge in [0.1, 0.15) is 12.2 Å². The molecule has 3 aromatic rings. The molecule has 7 nitrogen and oxygen atoms in total. The van der Waals surface area contributed by atoms with E-state index in [1.54, 1.807) is 23.1 Å². The second kappa shape index (κ2) is 8.70. The van der Waals surface area contributed by atoms with Crippen LogP contribution in [0.25, 0.3) is 10.9 Å². The molecule has 0 unspecified atom stereocenters. The van der Waals surface area contributed by atoms with Crippen LogP contribution < -0.4 is 15.8 Å². The number of aromatic amines is 1. The Balaban J connectivity index is 2.05. The van der Waals surface area contributed by atoms with Crippen molar-refractivity contribution in [3.05, 3.63) is 70.0 Å². The van der Waals surface area contributed by atoms with Gasteiger partial charge in [0.05, 0.1) is 11.2 Å². The first-order valence-electron chi connectivity index (χ1n) is 9.28. The Morgan fingerprint density at radius 1 is 1.14 bits per heavy atom. The van der Waals surface area contributed by atoms with Gasteiger partial charge in [0.25, 0.3) is 11.5 Å². The van der Waals surface area contributed by atoms with Crippen molar-refractivity contribution >= 4 is 34.1 Å². The Bertz CT molecular complexity index is 1100. The number of carbonyl (C=O) groups excluding carboxylic acids is 2. The molecule has 2 N–H and O–H groups in total. The van der Waals surface area contributed by atoms with Crippen LogP contribution in [0.3, 0.4) is 0 Å². The topological polar surface area (TPSA) is 91.5 Å². The van der Waals surface area contributed by atoms with Gasteiger partial charge in [0.15, 0.2) is 0 Å². The predicted octanol–water partition coefficient (Wildman–Crippen LogP) is 3.09. The summed E-state index contributed by atoms with van der Waals surface area (Å²) >= 11 is 0. The fraction of sp³-hybridized carbons (Fsp3) is 0.227. The molecule has 1 aromatic heterocycles. The Morgan fingerprint density at radius 2 is 1.86 bits per heavy atom. The van der Waals surface area contributed by atoms with Crippen molar-refractivity contribution in [1.29, 1.82) is 0 Å². The van der Waals surface area contributed by atoms with E-state index in [-0.39, 0.29) is 18.1 Å². The monoisotopic (exact) mass is 393 g/mol. The Labute approximate surface area is 168 Å². The van der Waals surface area contributed by atoms with Gasteiger partial charge >= 0.3 is 0 Å². The van der Waals surface area contributed by atoms with Crippen molar-refractivity contribution in [1.82, 2.24) is 4.98 Å². The Morgan fingerprint density at radius 3 is 2.52 bits per heavy atom. The van der Waals surface area contributed by atoms with Gasteiger partial charge in [-0.15, -0.1) is 0 Å². The van der Waals surface area contributed by atoms with Gasteiger partial charge in [-0.3, -0.25) is 14.4 Å². The standard InChI is InChI=1S/C22H23N3O4/c1-4-25(15-10-8-14(2)9-11-15)22(28)17-12-16-18(23-20(26)13-29-3)6-5-7-19(16)24-21(17)27/h5-12H,4,13H2,1-3H3,(H,23,26)(H,24,27). The average molecular weight is 393 g/mol. The van der Waals surface area contributed by atoms with Gasteiger partial charge in [-0.2, -0.15) is 0 Å². The largest absolute Gasteiger partial charge is 0.375 e. The number of pyridine rings is 1. The smallest absolute Gasteiger partial charge is 0.263 e. The minimum absolute atomic E-state index is 0.00775. The van der Waals surface area contributed by atoms with Gasteiger partial charge in [0.2, 0.25) is 5.91 Å². The molecule has 0 radical (unpaired) electrons. The van der Waals surface area contributed by atoms with Crippen LogP contribution in [0.5, 0.6) is 0 Å². The number of benzene rings is 2. The molecule has 0 spiro atoms. The maximum Gasteiger partial charge on any atom is 0.263 e. The average Bonchev–Trinajstić information content (AvgIpc) is 2.69. The molecule has 0 saturated heterocycles. The SMILES string of the molecule is CCN(C(=O)c1cc2c(NC(=O)COC)cccc2[nH]c1=O)c1ccc(C)cc1. The highest BCUT2D eigenvalue weighted by Crippen LogP contribution is 2.23. The number of hydrogen-bond acceptors (Lipinski definition) is 4. The molecular weight excluding hydrogens is 370 g/mol. The van der Waals surface area contributed by atoms with Gasteiger partial charge in [-0.1, -0.05) is 23.8 Å². The zero-order valence-electron chi connectivity index (χ0n) is 16.6. The van der Waals surface area contributed by atoms with Crippen molar-refractivity contribution in [3.8, 4) is 0 Å². The van der Waals surface area contributed by atoms with Crippen molar-refractivity contribution in [2.75, 3.05) is 30.5 Å². The quantitative estimate of drug-likeness (QED) is 0.673. The summed E-state index contributed by atoms with van der Waals surface area (Å²) in [5.74, 6) is -0.730. The fourth-order valence-corrected chi connectivity index (χ4v) is 3.13. The van der Waals surface area contributed by atoms with E-state index >= 15 is 0 Å². The maximum absolute atomic E-state index is 13.2.